The molecule has 1 fully saturated rings. The van der Waals surface area contributed by atoms with Gasteiger partial charge in [-0.05, 0) is 31.9 Å². The van der Waals surface area contributed by atoms with Crippen LogP contribution in [0.2, 0.25) is 5.15 Å². The standard InChI is InChI=1S/C16H24ClN3O/c1-12(19-13-8-5-3-2-4-6-9-13)16(21)20-14-10-7-11-18-15(14)17/h7,10-13,19H,2-6,8-9H2,1H3,(H,20,21)/t12-/m1/s1. The largest absolute Gasteiger partial charge is 0.322 e. The molecule has 116 valence electrons. The summed E-state index contributed by atoms with van der Waals surface area (Å²) in [5, 5.41) is 6.61. The Morgan fingerprint density at radius 2 is 1.95 bits per heavy atom. The molecule has 4 nitrogen and oxygen atoms in total. The molecule has 0 bridgehead atoms. The van der Waals surface area contributed by atoms with Gasteiger partial charge in [0.1, 0.15) is 0 Å². The Hall–Kier alpha value is -1.13. The van der Waals surface area contributed by atoms with Gasteiger partial charge in [0.05, 0.1) is 11.7 Å². The number of rotatable bonds is 4. The van der Waals surface area contributed by atoms with Gasteiger partial charge in [-0.25, -0.2) is 4.98 Å². The third-order valence-corrected chi connectivity index (χ3v) is 4.30. The SMILES string of the molecule is C[C@@H](NC1CCCCCCC1)C(=O)Nc1cccnc1Cl. The van der Waals surface area contributed by atoms with Crippen LogP contribution >= 0.6 is 11.6 Å². The Kier molecular flexibility index (Phi) is 6.46. The van der Waals surface area contributed by atoms with E-state index < -0.39 is 0 Å². The Balaban J connectivity index is 1.85. The summed E-state index contributed by atoms with van der Waals surface area (Å²) in [6.07, 6.45) is 10.4. The van der Waals surface area contributed by atoms with Crippen LogP contribution in [0, 0.1) is 0 Å². The molecule has 0 unspecified atom stereocenters. The van der Waals surface area contributed by atoms with Crippen LogP contribution in [-0.4, -0.2) is 23.0 Å². The van der Waals surface area contributed by atoms with Crippen LogP contribution in [0.25, 0.3) is 0 Å². The summed E-state index contributed by atoms with van der Waals surface area (Å²) in [6.45, 7) is 1.90. The van der Waals surface area contributed by atoms with Crippen molar-refractivity contribution in [3.05, 3.63) is 23.5 Å². The summed E-state index contributed by atoms with van der Waals surface area (Å²) in [5.74, 6) is -0.0630. The van der Waals surface area contributed by atoms with E-state index in [-0.39, 0.29) is 11.9 Å². The molecule has 1 saturated carbocycles. The lowest BCUT2D eigenvalue weighted by Gasteiger charge is -2.24. The second-order valence-corrected chi connectivity index (χ2v) is 6.12. The third kappa shape index (κ3) is 5.29. The minimum Gasteiger partial charge on any atom is -0.322 e. The molecule has 1 aromatic heterocycles. The van der Waals surface area contributed by atoms with Crippen molar-refractivity contribution in [1.82, 2.24) is 10.3 Å². The first kappa shape index (κ1) is 16.2. The number of carbonyl (C=O) groups excluding carboxylic acids is 1. The van der Waals surface area contributed by atoms with E-state index in [1.807, 2.05) is 6.92 Å². The molecule has 0 aliphatic heterocycles. The van der Waals surface area contributed by atoms with Crippen molar-refractivity contribution in [2.24, 2.45) is 0 Å². The average Bonchev–Trinajstić information content (AvgIpc) is 2.44. The number of aromatic nitrogens is 1. The topological polar surface area (TPSA) is 54.0 Å². The lowest BCUT2D eigenvalue weighted by Crippen LogP contribution is -2.44. The molecule has 1 amide bonds. The number of nitrogens with one attached hydrogen (secondary N) is 2. The molecule has 21 heavy (non-hydrogen) atoms. The molecule has 0 spiro atoms. The van der Waals surface area contributed by atoms with E-state index in [1.54, 1.807) is 18.3 Å². The van der Waals surface area contributed by atoms with Crippen molar-refractivity contribution in [3.8, 4) is 0 Å². The number of nitrogens with zero attached hydrogens (tertiary/aromatic N) is 1. The first-order valence-electron chi connectivity index (χ1n) is 7.84. The highest BCUT2D eigenvalue weighted by Crippen LogP contribution is 2.19. The van der Waals surface area contributed by atoms with Crippen molar-refractivity contribution in [2.45, 2.75) is 64.0 Å². The van der Waals surface area contributed by atoms with Gasteiger partial charge in [0, 0.05) is 12.2 Å². The highest BCUT2D eigenvalue weighted by atomic mass is 35.5. The van der Waals surface area contributed by atoms with Crippen LogP contribution in [0.15, 0.2) is 18.3 Å². The molecule has 1 atom stereocenters. The van der Waals surface area contributed by atoms with E-state index in [9.17, 15) is 4.79 Å². The lowest BCUT2D eigenvalue weighted by atomic mass is 9.96. The number of anilines is 1. The van der Waals surface area contributed by atoms with Crippen LogP contribution in [0.1, 0.15) is 51.9 Å². The highest BCUT2D eigenvalue weighted by molar-refractivity contribution is 6.32. The summed E-state index contributed by atoms with van der Waals surface area (Å²) in [4.78, 5) is 16.2. The van der Waals surface area contributed by atoms with Gasteiger partial charge in [0.15, 0.2) is 5.15 Å². The fourth-order valence-electron chi connectivity index (χ4n) is 2.77. The van der Waals surface area contributed by atoms with Crippen molar-refractivity contribution in [2.75, 3.05) is 5.32 Å². The molecular weight excluding hydrogens is 286 g/mol. The zero-order valence-corrected chi connectivity index (χ0v) is 13.3. The van der Waals surface area contributed by atoms with Gasteiger partial charge in [0.2, 0.25) is 5.91 Å². The van der Waals surface area contributed by atoms with E-state index in [4.69, 9.17) is 11.6 Å². The Bertz CT molecular complexity index is 459. The summed E-state index contributed by atoms with van der Waals surface area (Å²) >= 11 is 5.96. The minimum atomic E-state index is -0.231. The predicted octanol–water partition coefficient (Wildman–Crippen LogP) is 3.76. The van der Waals surface area contributed by atoms with Gasteiger partial charge in [-0.1, -0.05) is 43.7 Å². The number of hydrogen-bond acceptors (Lipinski definition) is 3. The van der Waals surface area contributed by atoms with E-state index in [2.05, 4.69) is 15.6 Å². The van der Waals surface area contributed by atoms with Crippen molar-refractivity contribution < 1.29 is 4.79 Å². The smallest absolute Gasteiger partial charge is 0.241 e. The maximum absolute atomic E-state index is 12.2. The number of pyridine rings is 1. The monoisotopic (exact) mass is 309 g/mol. The van der Waals surface area contributed by atoms with Crippen LogP contribution in [0.3, 0.4) is 0 Å². The molecule has 1 aromatic rings. The Morgan fingerprint density at radius 1 is 1.29 bits per heavy atom. The maximum atomic E-state index is 12.2. The van der Waals surface area contributed by atoms with E-state index in [0.717, 1.165) is 12.8 Å². The van der Waals surface area contributed by atoms with Crippen LogP contribution in [0.5, 0.6) is 0 Å². The zero-order valence-electron chi connectivity index (χ0n) is 12.6. The molecule has 1 aliphatic rings. The Labute approximate surface area is 131 Å². The van der Waals surface area contributed by atoms with Gasteiger partial charge in [0.25, 0.3) is 0 Å². The second kappa shape index (κ2) is 8.35. The van der Waals surface area contributed by atoms with E-state index in [1.165, 1.54) is 32.1 Å². The quantitative estimate of drug-likeness (QED) is 0.833. The average molecular weight is 310 g/mol. The molecule has 0 saturated heterocycles. The van der Waals surface area contributed by atoms with Crippen LogP contribution in [-0.2, 0) is 4.79 Å². The molecular formula is C16H24ClN3O. The lowest BCUT2D eigenvalue weighted by molar-refractivity contribution is -0.118. The first-order valence-corrected chi connectivity index (χ1v) is 8.22. The summed E-state index contributed by atoms with van der Waals surface area (Å²) in [7, 11) is 0. The Morgan fingerprint density at radius 3 is 2.62 bits per heavy atom. The van der Waals surface area contributed by atoms with Crippen LogP contribution in [0.4, 0.5) is 5.69 Å². The minimum absolute atomic E-state index is 0.0630. The number of hydrogen-bond donors (Lipinski definition) is 2. The van der Waals surface area contributed by atoms with E-state index in [0.29, 0.717) is 16.9 Å². The first-order chi connectivity index (χ1) is 10.2. The normalized spacial score (nSPS) is 18.6. The molecule has 2 rings (SSSR count). The van der Waals surface area contributed by atoms with Crippen LogP contribution < -0.4 is 10.6 Å². The summed E-state index contributed by atoms with van der Waals surface area (Å²) < 4.78 is 0. The zero-order chi connectivity index (χ0) is 15.1. The molecule has 5 heteroatoms. The fourth-order valence-corrected chi connectivity index (χ4v) is 2.94. The number of amides is 1. The molecule has 0 radical (unpaired) electrons. The number of carbonyl (C=O) groups is 1. The highest BCUT2D eigenvalue weighted by Gasteiger charge is 2.19. The van der Waals surface area contributed by atoms with Gasteiger partial charge in [-0.3, -0.25) is 4.79 Å². The van der Waals surface area contributed by atoms with Gasteiger partial charge in [-0.15, -0.1) is 0 Å². The molecule has 1 aliphatic carbocycles. The van der Waals surface area contributed by atoms with Gasteiger partial charge in [-0.2, -0.15) is 0 Å². The summed E-state index contributed by atoms with van der Waals surface area (Å²) in [6, 6.07) is 3.73. The third-order valence-electron chi connectivity index (χ3n) is 4.00. The molecule has 1 heterocycles. The van der Waals surface area contributed by atoms with Crippen molar-refractivity contribution in [1.29, 1.82) is 0 Å². The van der Waals surface area contributed by atoms with Gasteiger partial charge >= 0.3 is 0 Å². The van der Waals surface area contributed by atoms with E-state index >= 15 is 0 Å². The number of halogens is 1. The second-order valence-electron chi connectivity index (χ2n) is 5.76. The van der Waals surface area contributed by atoms with Gasteiger partial charge < -0.3 is 10.6 Å². The predicted molar refractivity (Wildman–Crippen MR) is 86.6 cm³/mol. The molecule has 2 N–H and O–H groups in total. The molecule has 0 aromatic carbocycles. The van der Waals surface area contributed by atoms with Crippen molar-refractivity contribution >= 4 is 23.2 Å². The van der Waals surface area contributed by atoms with Crippen molar-refractivity contribution in [3.63, 3.8) is 0 Å². The maximum Gasteiger partial charge on any atom is 0.241 e. The fraction of sp³-hybridized carbons (Fsp3) is 0.625. The summed E-state index contributed by atoms with van der Waals surface area (Å²) in [5.41, 5.74) is 0.565.